The minimum Gasteiger partial charge on any atom is -0.455 e. The van der Waals surface area contributed by atoms with Crippen molar-refractivity contribution in [1.82, 2.24) is 10.1 Å². The van der Waals surface area contributed by atoms with Crippen LogP contribution >= 0.6 is 0 Å². The molecule has 1 fully saturated rings. The van der Waals surface area contributed by atoms with Crippen molar-refractivity contribution in [2.45, 2.75) is 13.0 Å². The Morgan fingerprint density at radius 3 is 2.74 bits per heavy atom. The van der Waals surface area contributed by atoms with Crippen LogP contribution in [0.2, 0.25) is 0 Å². The Bertz CT molecular complexity index is 816. The molecule has 0 aliphatic carbocycles. The van der Waals surface area contributed by atoms with Gasteiger partial charge in [-0.25, -0.2) is 12.8 Å². The van der Waals surface area contributed by atoms with Gasteiger partial charge in [0.25, 0.3) is 5.89 Å². The van der Waals surface area contributed by atoms with Crippen LogP contribution in [0.25, 0.3) is 11.4 Å². The summed E-state index contributed by atoms with van der Waals surface area (Å²) in [5.74, 6) is -1.46. The molecule has 3 rings (SSSR count). The molecule has 9 heteroatoms. The number of carbonyl (C=O) groups excluding carboxylic acids is 1. The van der Waals surface area contributed by atoms with E-state index in [2.05, 4.69) is 10.1 Å². The Labute approximate surface area is 131 Å². The number of sulfone groups is 1. The molecule has 0 spiro atoms. The standard InChI is InChI=1S/C14H13FN2O5S/c15-11-3-1-9(2-4-11)13-16-12(22-17-13)7-21-14(18)10-5-6-23(19,20)8-10/h1-4,10H,5-8H2/t10-/m0/s1. The van der Waals surface area contributed by atoms with E-state index in [-0.39, 0.29) is 42.1 Å². The molecule has 0 saturated carbocycles. The highest BCUT2D eigenvalue weighted by molar-refractivity contribution is 7.91. The summed E-state index contributed by atoms with van der Waals surface area (Å²) in [6.45, 7) is -0.233. The van der Waals surface area contributed by atoms with Crippen molar-refractivity contribution in [1.29, 1.82) is 0 Å². The zero-order chi connectivity index (χ0) is 16.4. The number of benzene rings is 1. The summed E-state index contributed by atoms with van der Waals surface area (Å²) < 4.78 is 45.5. The second-order valence-electron chi connectivity index (χ2n) is 5.23. The van der Waals surface area contributed by atoms with E-state index in [1.807, 2.05) is 0 Å². The fourth-order valence-electron chi connectivity index (χ4n) is 2.26. The first-order valence-corrected chi connectivity index (χ1v) is 8.71. The van der Waals surface area contributed by atoms with Gasteiger partial charge < -0.3 is 9.26 Å². The van der Waals surface area contributed by atoms with Crippen molar-refractivity contribution in [3.05, 3.63) is 36.0 Å². The lowest BCUT2D eigenvalue weighted by Gasteiger charge is -2.06. The van der Waals surface area contributed by atoms with Crippen LogP contribution in [-0.2, 0) is 26.0 Å². The van der Waals surface area contributed by atoms with Gasteiger partial charge in [-0.3, -0.25) is 4.79 Å². The molecule has 7 nitrogen and oxygen atoms in total. The molecule has 1 aliphatic rings. The SMILES string of the molecule is O=C(OCc1nc(-c2ccc(F)cc2)no1)[C@H]1CCS(=O)(=O)C1. The van der Waals surface area contributed by atoms with Crippen molar-refractivity contribution < 1.29 is 26.9 Å². The van der Waals surface area contributed by atoms with E-state index in [1.54, 1.807) is 0 Å². The number of ether oxygens (including phenoxy) is 1. The lowest BCUT2D eigenvalue weighted by Crippen LogP contribution is -2.18. The maximum absolute atomic E-state index is 12.9. The predicted molar refractivity (Wildman–Crippen MR) is 76.2 cm³/mol. The maximum Gasteiger partial charge on any atom is 0.310 e. The molecule has 122 valence electrons. The van der Waals surface area contributed by atoms with Gasteiger partial charge in [0.15, 0.2) is 16.4 Å². The van der Waals surface area contributed by atoms with Gasteiger partial charge in [-0.1, -0.05) is 5.16 Å². The van der Waals surface area contributed by atoms with Crippen LogP contribution in [0.15, 0.2) is 28.8 Å². The molecular formula is C14H13FN2O5S. The highest BCUT2D eigenvalue weighted by Crippen LogP contribution is 2.21. The number of nitrogens with zero attached hydrogens (tertiary/aromatic N) is 2. The molecule has 1 aliphatic heterocycles. The monoisotopic (exact) mass is 340 g/mol. The molecule has 1 saturated heterocycles. The Kier molecular flexibility index (Phi) is 4.12. The number of halogens is 1. The summed E-state index contributed by atoms with van der Waals surface area (Å²) in [5.41, 5.74) is 0.564. The molecule has 1 aromatic heterocycles. The molecular weight excluding hydrogens is 327 g/mol. The molecule has 0 N–H and O–H groups in total. The molecule has 0 bridgehead atoms. The van der Waals surface area contributed by atoms with E-state index in [0.717, 1.165) is 0 Å². The average Bonchev–Trinajstić information content (AvgIpc) is 3.12. The minimum absolute atomic E-state index is 0.00202. The maximum atomic E-state index is 12.9. The van der Waals surface area contributed by atoms with Gasteiger partial charge in [0.1, 0.15) is 5.82 Å². The van der Waals surface area contributed by atoms with E-state index in [1.165, 1.54) is 24.3 Å². The Hall–Kier alpha value is -2.29. The minimum atomic E-state index is -3.14. The highest BCUT2D eigenvalue weighted by atomic mass is 32.2. The van der Waals surface area contributed by atoms with Crippen molar-refractivity contribution in [2.75, 3.05) is 11.5 Å². The molecule has 0 amide bonds. The molecule has 23 heavy (non-hydrogen) atoms. The molecule has 2 heterocycles. The third-order valence-corrected chi connectivity index (χ3v) is 5.24. The number of hydrogen-bond acceptors (Lipinski definition) is 7. The number of carbonyl (C=O) groups is 1. The van der Waals surface area contributed by atoms with Crippen LogP contribution < -0.4 is 0 Å². The zero-order valence-corrected chi connectivity index (χ0v) is 12.8. The third-order valence-electron chi connectivity index (χ3n) is 3.47. The summed E-state index contributed by atoms with van der Waals surface area (Å²) in [7, 11) is -3.14. The number of hydrogen-bond donors (Lipinski definition) is 0. The summed E-state index contributed by atoms with van der Waals surface area (Å²) in [5, 5.41) is 3.72. The van der Waals surface area contributed by atoms with Gasteiger partial charge in [0.2, 0.25) is 5.82 Å². The molecule has 1 aromatic carbocycles. The summed E-state index contributed by atoms with van der Waals surface area (Å²) in [4.78, 5) is 15.8. The van der Waals surface area contributed by atoms with Crippen LogP contribution in [-0.4, -0.2) is 36.0 Å². The van der Waals surface area contributed by atoms with E-state index in [9.17, 15) is 17.6 Å². The van der Waals surface area contributed by atoms with E-state index >= 15 is 0 Å². The van der Waals surface area contributed by atoms with Crippen LogP contribution in [0.5, 0.6) is 0 Å². The van der Waals surface area contributed by atoms with Crippen molar-refractivity contribution in [2.24, 2.45) is 5.92 Å². The highest BCUT2D eigenvalue weighted by Gasteiger charge is 2.34. The average molecular weight is 340 g/mol. The lowest BCUT2D eigenvalue weighted by atomic mass is 10.1. The summed E-state index contributed by atoms with van der Waals surface area (Å²) in [6, 6.07) is 5.54. The van der Waals surface area contributed by atoms with Gasteiger partial charge in [0.05, 0.1) is 17.4 Å². The number of aromatic nitrogens is 2. The van der Waals surface area contributed by atoms with Crippen LogP contribution in [0.3, 0.4) is 0 Å². The first-order chi connectivity index (χ1) is 10.9. The lowest BCUT2D eigenvalue weighted by molar-refractivity contribution is -0.149. The van der Waals surface area contributed by atoms with E-state index in [4.69, 9.17) is 9.26 Å². The van der Waals surface area contributed by atoms with Crippen molar-refractivity contribution in [3.8, 4) is 11.4 Å². The van der Waals surface area contributed by atoms with Gasteiger partial charge in [0, 0.05) is 5.56 Å². The van der Waals surface area contributed by atoms with E-state index in [0.29, 0.717) is 5.56 Å². The van der Waals surface area contributed by atoms with Gasteiger partial charge in [-0.2, -0.15) is 4.98 Å². The first-order valence-electron chi connectivity index (χ1n) is 6.88. The van der Waals surface area contributed by atoms with Crippen molar-refractivity contribution in [3.63, 3.8) is 0 Å². The molecule has 2 aromatic rings. The van der Waals surface area contributed by atoms with Crippen LogP contribution in [0.4, 0.5) is 4.39 Å². The van der Waals surface area contributed by atoms with Crippen LogP contribution in [0, 0.1) is 11.7 Å². The normalized spacial score (nSPS) is 19.6. The summed E-state index contributed by atoms with van der Waals surface area (Å²) in [6.07, 6.45) is 0.270. The second-order valence-corrected chi connectivity index (χ2v) is 7.46. The Morgan fingerprint density at radius 1 is 1.35 bits per heavy atom. The molecule has 0 radical (unpaired) electrons. The number of esters is 1. The van der Waals surface area contributed by atoms with Gasteiger partial charge >= 0.3 is 5.97 Å². The fraction of sp³-hybridized carbons (Fsp3) is 0.357. The Morgan fingerprint density at radius 2 is 2.09 bits per heavy atom. The smallest absolute Gasteiger partial charge is 0.310 e. The van der Waals surface area contributed by atoms with Crippen LogP contribution in [0.1, 0.15) is 12.3 Å². The largest absolute Gasteiger partial charge is 0.455 e. The van der Waals surface area contributed by atoms with Gasteiger partial charge in [-0.15, -0.1) is 0 Å². The fourth-order valence-corrected chi connectivity index (χ4v) is 3.99. The topological polar surface area (TPSA) is 99.4 Å². The third kappa shape index (κ3) is 3.73. The molecule has 1 atom stereocenters. The first kappa shape index (κ1) is 15.6. The second kappa shape index (κ2) is 6.07. The van der Waals surface area contributed by atoms with Gasteiger partial charge in [-0.05, 0) is 30.7 Å². The summed E-state index contributed by atoms with van der Waals surface area (Å²) >= 11 is 0. The zero-order valence-electron chi connectivity index (χ0n) is 11.9. The Balaban J connectivity index is 1.59. The molecule has 0 unspecified atom stereocenters. The quantitative estimate of drug-likeness (QED) is 0.775. The number of rotatable bonds is 4. The predicted octanol–water partition coefficient (Wildman–Crippen LogP) is 1.35. The van der Waals surface area contributed by atoms with Crippen molar-refractivity contribution >= 4 is 15.8 Å². The van der Waals surface area contributed by atoms with E-state index < -0.39 is 21.7 Å².